The number of sulfonamides is 1. The summed E-state index contributed by atoms with van der Waals surface area (Å²) in [6.45, 7) is 0. The summed E-state index contributed by atoms with van der Waals surface area (Å²) >= 11 is 7.99. The Morgan fingerprint density at radius 3 is 2.67 bits per heavy atom. The van der Waals surface area contributed by atoms with Crippen LogP contribution in [-0.4, -0.2) is 35.4 Å². The number of thiocarbonyl (C=S) groups is 1. The van der Waals surface area contributed by atoms with Crippen LogP contribution in [0.2, 0.25) is 0 Å². The van der Waals surface area contributed by atoms with E-state index in [9.17, 15) is 8.42 Å². The third-order valence-electron chi connectivity index (χ3n) is 2.84. The molecule has 0 spiro atoms. The van der Waals surface area contributed by atoms with Crippen LogP contribution in [-0.2, 0) is 17.1 Å². The molecular formula is C11H12BrN5O2S2. The Balaban J connectivity index is 2.51. The van der Waals surface area contributed by atoms with Crippen LogP contribution in [0.1, 0.15) is 5.56 Å². The third kappa shape index (κ3) is 2.92. The summed E-state index contributed by atoms with van der Waals surface area (Å²) in [5, 5.41) is 7.33. The summed E-state index contributed by atoms with van der Waals surface area (Å²) < 4.78 is 27.8. The Morgan fingerprint density at radius 1 is 1.48 bits per heavy atom. The van der Waals surface area contributed by atoms with Crippen molar-refractivity contribution in [3.63, 3.8) is 0 Å². The van der Waals surface area contributed by atoms with Crippen molar-refractivity contribution in [2.24, 2.45) is 12.8 Å². The van der Waals surface area contributed by atoms with Crippen LogP contribution in [0.3, 0.4) is 0 Å². The molecule has 10 heteroatoms. The number of hydrogen-bond acceptors (Lipinski definition) is 5. The van der Waals surface area contributed by atoms with Crippen molar-refractivity contribution in [1.29, 1.82) is 0 Å². The number of benzene rings is 1. The molecule has 21 heavy (non-hydrogen) atoms. The number of halogens is 1. The van der Waals surface area contributed by atoms with Crippen LogP contribution in [0.4, 0.5) is 5.69 Å². The first-order valence-corrected chi connectivity index (χ1v) is 8.33. The van der Waals surface area contributed by atoms with Crippen LogP contribution in [0.15, 0.2) is 33.9 Å². The summed E-state index contributed by atoms with van der Waals surface area (Å²) in [6.07, 6.45) is 0. The van der Waals surface area contributed by atoms with Crippen LogP contribution in [0.5, 0.6) is 0 Å². The van der Waals surface area contributed by atoms with Gasteiger partial charge in [0.25, 0.3) is 10.0 Å². The van der Waals surface area contributed by atoms with Crippen molar-refractivity contribution in [2.45, 2.75) is 5.03 Å². The molecule has 7 nitrogen and oxygen atoms in total. The summed E-state index contributed by atoms with van der Waals surface area (Å²) in [5.74, 6) is 0. The van der Waals surface area contributed by atoms with Gasteiger partial charge in [-0.3, -0.25) is 4.31 Å². The van der Waals surface area contributed by atoms with Crippen LogP contribution in [0.25, 0.3) is 0 Å². The first-order chi connectivity index (χ1) is 9.75. The second kappa shape index (κ2) is 5.70. The van der Waals surface area contributed by atoms with Crippen molar-refractivity contribution in [3.8, 4) is 0 Å². The van der Waals surface area contributed by atoms with Gasteiger partial charge in [-0.25, -0.2) is 4.68 Å². The van der Waals surface area contributed by atoms with Gasteiger partial charge in [0.2, 0.25) is 5.03 Å². The molecule has 0 aliphatic heterocycles. The molecule has 0 bridgehead atoms. The molecule has 1 aromatic heterocycles. The minimum atomic E-state index is -3.81. The van der Waals surface area contributed by atoms with Gasteiger partial charge >= 0.3 is 0 Å². The molecule has 1 aromatic carbocycles. The Morgan fingerprint density at radius 2 is 2.14 bits per heavy atom. The fourth-order valence-electron chi connectivity index (χ4n) is 1.72. The topological polar surface area (TPSA) is 94.1 Å². The lowest BCUT2D eigenvalue weighted by Gasteiger charge is -2.19. The normalized spacial score (nSPS) is 11.4. The van der Waals surface area contributed by atoms with Gasteiger partial charge in [0.05, 0.1) is 5.69 Å². The van der Waals surface area contributed by atoms with Gasteiger partial charge in [0.15, 0.2) is 4.60 Å². The molecular weight excluding hydrogens is 378 g/mol. The minimum absolute atomic E-state index is 0.0364. The van der Waals surface area contributed by atoms with E-state index in [1.807, 2.05) is 0 Å². The van der Waals surface area contributed by atoms with Gasteiger partial charge in [-0.05, 0) is 28.1 Å². The van der Waals surface area contributed by atoms with E-state index in [-0.39, 0.29) is 14.6 Å². The van der Waals surface area contributed by atoms with E-state index in [1.165, 1.54) is 18.8 Å². The second-order valence-electron chi connectivity index (χ2n) is 4.20. The van der Waals surface area contributed by atoms with Crippen LogP contribution in [0, 0.1) is 0 Å². The standard InChI is InChI=1S/C11H12BrN5O2S2/c1-16-11(9(12)14-15-16)21(18,19)17(2)8-5-3-4-7(6-8)10(13)20/h3-6H,1-2H3,(H2,13,20). The van der Waals surface area contributed by atoms with E-state index in [4.69, 9.17) is 18.0 Å². The maximum absolute atomic E-state index is 12.6. The number of aromatic nitrogens is 3. The molecule has 0 atom stereocenters. The first-order valence-electron chi connectivity index (χ1n) is 5.69. The molecule has 2 N–H and O–H groups in total. The monoisotopic (exact) mass is 389 g/mol. The van der Waals surface area contributed by atoms with Gasteiger partial charge in [0.1, 0.15) is 4.99 Å². The molecule has 0 saturated heterocycles. The zero-order valence-electron chi connectivity index (χ0n) is 11.2. The molecule has 2 rings (SSSR count). The highest BCUT2D eigenvalue weighted by molar-refractivity contribution is 9.10. The second-order valence-corrected chi connectivity index (χ2v) is 7.27. The minimum Gasteiger partial charge on any atom is -0.389 e. The van der Waals surface area contributed by atoms with Gasteiger partial charge in [-0.15, -0.1) is 5.10 Å². The summed E-state index contributed by atoms with van der Waals surface area (Å²) in [7, 11) is -0.870. The van der Waals surface area contributed by atoms with Crippen molar-refractivity contribution in [3.05, 3.63) is 34.4 Å². The van der Waals surface area contributed by atoms with E-state index in [0.29, 0.717) is 11.3 Å². The number of aryl methyl sites for hydroxylation is 1. The van der Waals surface area contributed by atoms with Crippen molar-refractivity contribution in [1.82, 2.24) is 15.0 Å². The number of hydrogen-bond donors (Lipinski definition) is 1. The van der Waals surface area contributed by atoms with Gasteiger partial charge < -0.3 is 5.73 Å². The van der Waals surface area contributed by atoms with Crippen molar-refractivity contribution in [2.75, 3.05) is 11.4 Å². The van der Waals surface area contributed by atoms with E-state index >= 15 is 0 Å². The predicted molar refractivity (Wildman–Crippen MR) is 86.6 cm³/mol. The lowest BCUT2D eigenvalue weighted by Crippen LogP contribution is -2.29. The Hall–Kier alpha value is -1.52. The average molecular weight is 390 g/mol. The third-order valence-corrected chi connectivity index (χ3v) is 5.75. The fourth-order valence-corrected chi connectivity index (χ4v) is 4.06. The molecule has 0 amide bonds. The number of rotatable bonds is 4. The molecule has 0 radical (unpaired) electrons. The molecule has 0 aliphatic rings. The maximum atomic E-state index is 12.6. The summed E-state index contributed by atoms with van der Waals surface area (Å²) in [4.78, 5) is 0.200. The quantitative estimate of drug-likeness (QED) is 0.784. The Bertz CT molecular complexity index is 783. The van der Waals surface area contributed by atoms with E-state index in [1.54, 1.807) is 24.3 Å². The fraction of sp³-hybridized carbons (Fsp3) is 0.182. The van der Waals surface area contributed by atoms with Crippen LogP contribution < -0.4 is 10.0 Å². The highest BCUT2D eigenvalue weighted by Crippen LogP contribution is 2.26. The average Bonchev–Trinajstić information content (AvgIpc) is 2.77. The molecule has 2 aromatic rings. The zero-order valence-corrected chi connectivity index (χ0v) is 14.4. The van der Waals surface area contributed by atoms with Gasteiger partial charge in [-0.1, -0.05) is 29.6 Å². The highest BCUT2D eigenvalue weighted by atomic mass is 79.9. The van der Waals surface area contributed by atoms with E-state index in [2.05, 4.69) is 26.2 Å². The molecule has 0 aliphatic carbocycles. The van der Waals surface area contributed by atoms with Crippen LogP contribution >= 0.6 is 28.1 Å². The van der Waals surface area contributed by atoms with Crippen molar-refractivity contribution < 1.29 is 8.42 Å². The smallest absolute Gasteiger partial charge is 0.284 e. The first kappa shape index (κ1) is 15.9. The lowest BCUT2D eigenvalue weighted by atomic mass is 10.2. The van der Waals surface area contributed by atoms with Gasteiger partial charge in [0, 0.05) is 19.7 Å². The molecule has 0 saturated carbocycles. The molecule has 1 heterocycles. The molecule has 0 fully saturated rings. The molecule has 112 valence electrons. The maximum Gasteiger partial charge on any atom is 0.284 e. The number of anilines is 1. The van der Waals surface area contributed by atoms with Crippen molar-refractivity contribution >= 4 is 48.8 Å². The lowest BCUT2D eigenvalue weighted by molar-refractivity contribution is 0.572. The zero-order chi connectivity index (χ0) is 15.8. The molecule has 0 unspecified atom stereocenters. The predicted octanol–water partition coefficient (Wildman–Crippen LogP) is 1.04. The van der Waals surface area contributed by atoms with Gasteiger partial charge in [-0.2, -0.15) is 8.42 Å². The largest absolute Gasteiger partial charge is 0.389 e. The van der Waals surface area contributed by atoms with E-state index < -0.39 is 10.0 Å². The number of nitrogens with two attached hydrogens (primary N) is 1. The Labute approximate surface area is 135 Å². The summed E-state index contributed by atoms with van der Waals surface area (Å²) in [5.41, 5.74) is 6.59. The highest BCUT2D eigenvalue weighted by Gasteiger charge is 2.29. The Kier molecular flexibility index (Phi) is 4.30. The summed E-state index contributed by atoms with van der Waals surface area (Å²) in [6, 6.07) is 6.66. The van der Waals surface area contributed by atoms with E-state index in [0.717, 1.165) is 4.31 Å². The number of nitrogens with zero attached hydrogens (tertiary/aromatic N) is 4. The SMILES string of the molecule is CN(c1cccc(C(N)=S)c1)S(=O)(=O)c1c(Br)nnn1C.